The van der Waals surface area contributed by atoms with Gasteiger partial charge < -0.3 is 9.64 Å². The van der Waals surface area contributed by atoms with Gasteiger partial charge in [-0.2, -0.15) is 5.26 Å². The molecule has 20 heavy (non-hydrogen) atoms. The van der Waals surface area contributed by atoms with Crippen molar-refractivity contribution < 1.29 is 9.53 Å². The second-order valence-corrected chi connectivity index (χ2v) is 4.09. The van der Waals surface area contributed by atoms with Crippen LogP contribution in [0.3, 0.4) is 0 Å². The molecule has 0 spiro atoms. The monoisotopic (exact) mass is 267 g/mol. The number of carbonyl (C=O) groups excluding carboxylic acids is 1. The van der Waals surface area contributed by atoms with Crippen molar-refractivity contribution in [3.8, 4) is 11.8 Å². The van der Waals surface area contributed by atoms with Crippen molar-refractivity contribution in [2.45, 2.75) is 0 Å². The van der Waals surface area contributed by atoms with Crippen LogP contribution in [-0.2, 0) is 4.79 Å². The summed E-state index contributed by atoms with van der Waals surface area (Å²) in [7, 11) is 1.67. The smallest absolute Gasteiger partial charge is 0.264 e. The number of anilines is 1. The number of ether oxygens (including phenoxy) is 1. The molecule has 1 heterocycles. The highest BCUT2D eigenvalue weighted by atomic mass is 16.5. The Kier molecular flexibility index (Phi) is 4.30. The highest BCUT2D eigenvalue weighted by molar-refractivity contribution is 5.93. The summed E-state index contributed by atoms with van der Waals surface area (Å²) in [5.74, 6) is 0.374. The first-order valence-electron chi connectivity index (χ1n) is 6.00. The molecule has 0 N–H and O–H groups in total. The lowest BCUT2D eigenvalue weighted by Crippen LogP contribution is -2.31. The van der Waals surface area contributed by atoms with Gasteiger partial charge in [0.2, 0.25) is 0 Å². The molecule has 100 valence electrons. The molecular weight excluding hydrogens is 254 g/mol. The minimum atomic E-state index is -0.178. The van der Waals surface area contributed by atoms with Gasteiger partial charge in [-0.25, -0.2) is 0 Å². The summed E-state index contributed by atoms with van der Waals surface area (Å²) in [6.07, 6.45) is 3.26. The minimum absolute atomic E-state index is 0.0721. The second kappa shape index (κ2) is 6.34. The molecule has 0 saturated heterocycles. The third kappa shape index (κ3) is 3.33. The van der Waals surface area contributed by atoms with Crippen LogP contribution >= 0.6 is 0 Å². The fraction of sp³-hybridized carbons (Fsp3) is 0.133. The molecular formula is C15H13N3O2. The Labute approximate surface area is 117 Å². The SMILES string of the molecule is CN(C(=O)COc1ccc(C#N)cc1)c1cccnc1. The van der Waals surface area contributed by atoms with Crippen molar-refractivity contribution in [2.75, 3.05) is 18.6 Å². The van der Waals surface area contributed by atoms with Crippen molar-refractivity contribution in [1.29, 1.82) is 5.26 Å². The van der Waals surface area contributed by atoms with E-state index in [0.717, 1.165) is 0 Å². The number of amides is 1. The Bertz CT molecular complexity index is 618. The van der Waals surface area contributed by atoms with Crippen molar-refractivity contribution in [1.82, 2.24) is 4.98 Å². The maximum atomic E-state index is 12.0. The Morgan fingerprint density at radius 2 is 2.10 bits per heavy atom. The van der Waals surface area contributed by atoms with E-state index in [-0.39, 0.29) is 12.5 Å². The summed E-state index contributed by atoms with van der Waals surface area (Å²) in [4.78, 5) is 17.4. The molecule has 2 rings (SSSR count). The number of rotatable bonds is 4. The van der Waals surface area contributed by atoms with Gasteiger partial charge in [-0.3, -0.25) is 9.78 Å². The summed E-state index contributed by atoms with van der Waals surface area (Å²) >= 11 is 0. The predicted molar refractivity (Wildman–Crippen MR) is 74.3 cm³/mol. The lowest BCUT2D eigenvalue weighted by atomic mass is 10.2. The largest absolute Gasteiger partial charge is 0.484 e. The summed E-state index contributed by atoms with van der Waals surface area (Å²) in [6, 6.07) is 12.2. The number of aromatic nitrogens is 1. The van der Waals surface area contributed by atoms with E-state index in [9.17, 15) is 4.79 Å². The summed E-state index contributed by atoms with van der Waals surface area (Å²) in [6.45, 7) is -0.0721. The molecule has 5 heteroatoms. The van der Waals surface area contributed by atoms with Crippen LogP contribution in [0.5, 0.6) is 5.75 Å². The molecule has 1 aromatic heterocycles. The average molecular weight is 267 g/mol. The zero-order valence-electron chi connectivity index (χ0n) is 11.0. The Balaban J connectivity index is 1.93. The van der Waals surface area contributed by atoms with E-state index in [1.165, 1.54) is 4.90 Å². The number of carbonyl (C=O) groups is 1. The molecule has 0 unspecified atom stereocenters. The van der Waals surface area contributed by atoms with Gasteiger partial charge in [-0.05, 0) is 36.4 Å². The number of nitrogens with zero attached hydrogens (tertiary/aromatic N) is 3. The summed E-state index contributed by atoms with van der Waals surface area (Å²) < 4.78 is 5.39. The van der Waals surface area contributed by atoms with Gasteiger partial charge in [-0.15, -0.1) is 0 Å². The van der Waals surface area contributed by atoms with Crippen LogP contribution in [0.25, 0.3) is 0 Å². The van der Waals surface area contributed by atoms with Crippen LogP contribution in [0.1, 0.15) is 5.56 Å². The van der Waals surface area contributed by atoms with E-state index >= 15 is 0 Å². The second-order valence-electron chi connectivity index (χ2n) is 4.09. The zero-order chi connectivity index (χ0) is 14.4. The van der Waals surface area contributed by atoms with Gasteiger partial charge in [-0.1, -0.05) is 0 Å². The van der Waals surface area contributed by atoms with Crippen LogP contribution in [0.4, 0.5) is 5.69 Å². The predicted octanol–water partition coefficient (Wildman–Crippen LogP) is 2.00. The van der Waals surface area contributed by atoms with E-state index in [1.54, 1.807) is 55.8 Å². The summed E-state index contributed by atoms with van der Waals surface area (Å²) in [5.41, 5.74) is 1.26. The number of pyridine rings is 1. The van der Waals surface area contributed by atoms with E-state index in [4.69, 9.17) is 10.00 Å². The third-order valence-corrected chi connectivity index (χ3v) is 2.75. The molecule has 0 atom stereocenters. The van der Waals surface area contributed by atoms with Gasteiger partial charge >= 0.3 is 0 Å². The van der Waals surface area contributed by atoms with E-state index in [0.29, 0.717) is 17.0 Å². The van der Waals surface area contributed by atoms with Crippen LogP contribution in [0.15, 0.2) is 48.8 Å². The molecule has 0 aliphatic rings. The third-order valence-electron chi connectivity index (χ3n) is 2.75. The minimum Gasteiger partial charge on any atom is -0.484 e. The molecule has 2 aromatic rings. The first kappa shape index (κ1) is 13.6. The maximum Gasteiger partial charge on any atom is 0.264 e. The average Bonchev–Trinajstić information content (AvgIpc) is 2.53. The number of hydrogen-bond acceptors (Lipinski definition) is 4. The van der Waals surface area contributed by atoms with Crippen molar-refractivity contribution in [3.05, 3.63) is 54.4 Å². The number of nitriles is 1. The molecule has 0 aliphatic heterocycles. The molecule has 0 radical (unpaired) electrons. The number of likely N-dealkylation sites (N-methyl/N-ethyl adjacent to an activating group) is 1. The highest BCUT2D eigenvalue weighted by Gasteiger charge is 2.11. The first-order chi connectivity index (χ1) is 9.70. The molecule has 0 aliphatic carbocycles. The lowest BCUT2D eigenvalue weighted by molar-refractivity contribution is -0.120. The topological polar surface area (TPSA) is 66.2 Å². The lowest BCUT2D eigenvalue weighted by Gasteiger charge is -2.17. The molecule has 0 saturated carbocycles. The Hall–Kier alpha value is -2.87. The van der Waals surface area contributed by atoms with Crippen LogP contribution in [0.2, 0.25) is 0 Å². The molecule has 0 fully saturated rings. The molecule has 1 aromatic carbocycles. The van der Waals surface area contributed by atoms with E-state index in [2.05, 4.69) is 4.98 Å². The number of hydrogen-bond donors (Lipinski definition) is 0. The Morgan fingerprint density at radius 1 is 1.35 bits per heavy atom. The van der Waals surface area contributed by atoms with Crippen molar-refractivity contribution in [3.63, 3.8) is 0 Å². The standard InChI is InChI=1S/C15H13N3O2/c1-18(13-3-2-8-17-10-13)15(19)11-20-14-6-4-12(9-16)5-7-14/h2-8,10H,11H2,1H3. The molecule has 1 amide bonds. The molecule has 5 nitrogen and oxygen atoms in total. The fourth-order valence-electron chi connectivity index (χ4n) is 1.56. The van der Waals surface area contributed by atoms with Crippen LogP contribution in [-0.4, -0.2) is 24.5 Å². The van der Waals surface area contributed by atoms with Crippen molar-refractivity contribution in [2.24, 2.45) is 0 Å². The fourth-order valence-corrected chi connectivity index (χ4v) is 1.56. The van der Waals surface area contributed by atoms with E-state index in [1.807, 2.05) is 6.07 Å². The van der Waals surface area contributed by atoms with Gasteiger partial charge in [0.25, 0.3) is 5.91 Å². The van der Waals surface area contributed by atoms with E-state index < -0.39 is 0 Å². The van der Waals surface area contributed by atoms with Crippen molar-refractivity contribution >= 4 is 11.6 Å². The quantitative estimate of drug-likeness (QED) is 0.849. The number of benzene rings is 1. The van der Waals surface area contributed by atoms with Gasteiger partial charge in [0.1, 0.15) is 5.75 Å². The summed E-state index contributed by atoms with van der Waals surface area (Å²) in [5, 5.41) is 8.69. The van der Waals surface area contributed by atoms with Gasteiger partial charge in [0.05, 0.1) is 23.5 Å². The van der Waals surface area contributed by atoms with Gasteiger partial charge in [0, 0.05) is 13.2 Å². The zero-order valence-corrected chi connectivity index (χ0v) is 11.0. The van der Waals surface area contributed by atoms with Crippen LogP contribution in [0, 0.1) is 11.3 Å². The normalized spacial score (nSPS) is 9.60. The Morgan fingerprint density at radius 3 is 2.70 bits per heavy atom. The maximum absolute atomic E-state index is 12.0. The van der Waals surface area contributed by atoms with Crippen LogP contribution < -0.4 is 9.64 Å². The highest BCUT2D eigenvalue weighted by Crippen LogP contribution is 2.13. The van der Waals surface area contributed by atoms with Gasteiger partial charge in [0.15, 0.2) is 6.61 Å². The first-order valence-corrected chi connectivity index (χ1v) is 6.00. The molecule has 0 bridgehead atoms.